The van der Waals surface area contributed by atoms with Crippen molar-refractivity contribution in [1.29, 1.82) is 0 Å². The minimum absolute atomic E-state index is 0.785. The Morgan fingerprint density at radius 3 is 2.25 bits per heavy atom. The molecule has 0 aromatic heterocycles. The SMILES string of the molecule is CO[Si](CCc1cccc(Br)c1)(OC)OC. The first-order chi connectivity index (χ1) is 7.65. The van der Waals surface area contributed by atoms with Crippen molar-refractivity contribution in [1.82, 2.24) is 0 Å². The first-order valence-corrected chi connectivity index (χ1v) is 7.78. The highest BCUT2D eigenvalue weighted by atomic mass is 79.9. The third-order valence-corrected chi connectivity index (χ3v) is 5.76. The monoisotopic (exact) mass is 304 g/mol. The molecule has 16 heavy (non-hydrogen) atoms. The van der Waals surface area contributed by atoms with Crippen LogP contribution in [0.5, 0.6) is 0 Å². The predicted octanol–water partition coefficient (Wildman–Crippen LogP) is 2.87. The summed E-state index contributed by atoms with van der Waals surface area (Å²) in [6.07, 6.45) is 0.890. The maximum Gasteiger partial charge on any atom is 0.500 e. The molecule has 0 unspecified atom stereocenters. The fraction of sp³-hybridized carbons (Fsp3) is 0.455. The molecule has 0 heterocycles. The van der Waals surface area contributed by atoms with Crippen molar-refractivity contribution in [3.8, 4) is 0 Å². The van der Waals surface area contributed by atoms with E-state index in [0.717, 1.165) is 16.9 Å². The van der Waals surface area contributed by atoms with Crippen molar-refractivity contribution < 1.29 is 13.3 Å². The van der Waals surface area contributed by atoms with E-state index in [1.165, 1.54) is 5.56 Å². The summed E-state index contributed by atoms with van der Waals surface area (Å²) in [7, 11) is 2.48. The van der Waals surface area contributed by atoms with Gasteiger partial charge >= 0.3 is 8.80 Å². The van der Waals surface area contributed by atoms with E-state index in [9.17, 15) is 0 Å². The lowest BCUT2D eigenvalue weighted by Crippen LogP contribution is -2.43. The maximum absolute atomic E-state index is 5.37. The molecule has 3 nitrogen and oxygen atoms in total. The van der Waals surface area contributed by atoms with Gasteiger partial charge in [-0.25, -0.2) is 0 Å². The molecule has 1 rings (SSSR count). The smallest absolute Gasteiger partial charge is 0.377 e. The minimum atomic E-state index is -2.43. The molecule has 0 N–H and O–H groups in total. The van der Waals surface area contributed by atoms with Gasteiger partial charge in [-0.1, -0.05) is 28.1 Å². The van der Waals surface area contributed by atoms with Crippen LogP contribution in [0.3, 0.4) is 0 Å². The zero-order chi connectivity index (χ0) is 12.0. The second-order valence-corrected chi connectivity index (χ2v) is 7.43. The molecule has 0 fully saturated rings. The van der Waals surface area contributed by atoms with Crippen LogP contribution >= 0.6 is 15.9 Å². The molecule has 1 aromatic rings. The Balaban J connectivity index is 2.62. The Kier molecular flexibility index (Phi) is 5.64. The molecule has 0 bridgehead atoms. The van der Waals surface area contributed by atoms with Crippen molar-refractivity contribution in [3.63, 3.8) is 0 Å². The van der Waals surface area contributed by atoms with Gasteiger partial charge in [0.05, 0.1) is 0 Å². The van der Waals surface area contributed by atoms with E-state index in [4.69, 9.17) is 13.3 Å². The molecule has 0 saturated heterocycles. The molecule has 0 spiro atoms. The van der Waals surface area contributed by atoms with Crippen molar-refractivity contribution in [2.45, 2.75) is 12.5 Å². The van der Waals surface area contributed by atoms with E-state index in [-0.39, 0.29) is 0 Å². The van der Waals surface area contributed by atoms with Crippen LogP contribution in [0.2, 0.25) is 6.04 Å². The zero-order valence-electron chi connectivity index (χ0n) is 9.83. The first-order valence-electron chi connectivity index (χ1n) is 5.05. The van der Waals surface area contributed by atoms with Crippen LogP contribution < -0.4 is 0 Å². The summed E-state index contributed by atoms with van der Waals surface area (Å²) in [5, 5.41) is 0. The normalized spacial score (nSPS) is 11.8. The maximum atomic E-state index is 5.37. The van der Waals surface area contributed by atoms with E-state index < -0.39 is 8.80 Å². The van der Waals surface area contributed by atoms with Crippen LogP contribution in [0.1, 0.15) is 5.56 Å². The van der Waals surface area contributed by atoms with Crippen molar-refractivity contribution >= 4 is 24.7 Å². The standard InChI is InChI=1S/C11H17BrO3Si/c1-13-16(14-2,15-3)8-7-10-5-4-6-11(12)9-10/h4-6,9H,7-8H2,1-3H3. The summed E-state index contributed by atoms with van der Waals surface area (Å²) in [5.41, 5.74) is 1.25. The van der Waals surface area contributed by atoms with Gasteiger partial charge in [-0.2, -0.15) is 0 Å². The molecule has 5 heteroatoms. The molecular formula is C11H17BrO3Si. The fourth-order valence-corrected chi connectivity index (χ4v) is 3.70. The highest BCUT2D eigenvalue weighted by molar-refractivity contribution is 9.10. The van der Waals surface area contributed by atoms with Gasteiger partial charge in [-0.05, 0) is 24.1 Å². The second-order valence-electron chi connectivity index (χ2n) is 3.43. The number of benzene rings is 1. The van der Waals surface area contributed by atoms with Crippen LogP contribution in [-0.2, 0) is 19.7 Å². The van der Waals surface area contributed by atoms with E-state index >= 15 is 0 Å². The molecule has 0 saturated carbocycles. The zero-order valence-corrected chi connectivity index (χ0v) is 12.4. The minimum Gasteiger partial charge on any atom is -0.377 e. The molecule has 0 radical (unpaired) electrons. The van der Waals surface area contributed by atoms with E-state index in [1.807, 2.05) is 12.1 Å². The number of aryl methyl sites for hydroxylation is 1. The summed E-state index contributed by atoms with van der Waals surface area (Å²) in [6.45, 7) is 0. The summed E-state index contributed by atoms with van der Waals surface area (Å²) in [4.78, 5) is 0. The Morgan fingerprint density at radius 1 is 1.12 bits per heavy atom. The van der Waals surface area contributed by atoms with Gasteiger partial charge in [-0.3, -0.25) is 0 Å². The van der Waals surface area contributed by atoms with Gasteiger partial charge in [-0.15, -0.1) is 0 Å². The van der Waals surface area contributed by atoms with Crippen molar-refractivity contribution in [2.24, 2.45) is 0 Å². The molecular weight excluding hydrogens is 288 g/mol. The van der Waals surface area contributed by atoms with Crippen LogP contribution in [0.15, 0.2) is 28.7 Å². The Labute approximate surface area is 106 Å². The van der Waals surface area contributed by atoms with Crippen molar-refractivity contribution in [3.05, 3.63) is 34.3 Å². The van der Waals surface area contributed by atoms with E-state index in [1.54, 1.807) is 21.3 Å². The highest BCUT2D eigenvalue weighted by Crippen LogP contribution is 2.18. The number of hydrogen-bond acceptors (Lipinski definition) is 3. The molecule has 0 amide bonds. The van der Waals surface area contributed by atoms with Crippen LogP contribution in [0.25, 0.3) is 0 Å². The van der Waals surface area contributed by atoms with E-state index in [0.29, 0.717) is 0 Å². The second kappa shape index (κ2) is 6.51. The van der Waals surface area contributed by atoms with Gasteiger partial charge in [0.2, 0.25) is 0 Å². The van der Waals surface area contributed by atoms with Crippen molar-refractivity contribution in [2.75, 3.05) is 21.3 Å². The Hall–Kier alpha value is -0.203. The lowest BCUT2D eigenvalue weighted by atomic mass is 10.2. The average Bonchev–Trinajstić information content (AvgIpc) is 2.32. The average molecular weight is 305 g/mol. The lowest BCUT2D eigenvalue weighted by molar-refractivity contribution is 0.123. The summed E-state index contributed by atoms with van der Waals surface area (Å²) >= 11 is 3.45. The van der Waals surface area contributed by atoms with Gasteiger partial charge in [0.15, 0.2) is 0 Å². The van der Waals surface area contributed by atoms with Gasteiger partial charge < -0.3 is 13.3 Å². The quantitative estimate of drug-likeness (QED) is 0.756. The number of rotatable bonds is 6. The highest BCUT2D eigenvalue weighted by Gasteiger charge is 2.37. The molecule has 0 aliphatic rings. The number of hydrogen-bond donors (Lipinski definition) is 0. The van der Waals surface area contributed by atoms with Crippen LogP contribution in [0.4, 0.5) is 0 Å². The summed E-state index contributed by atoms with van der Waals surface area (Å²) < 4.78 is 17.2. The lowest BCUT2D eigenvalue weighted by Gasteiger charge is -2.24. The Bertz CT molecular complexity index is 320. The molecule has 0 atom stereocenters. The van der Waals surface area contributed by atoms with Gasteiger partial charge in [0.1, 0.15) is 0 Å². The fourth-order valence-electron chi connectivity index (χ4n) is 1.55. The Morgan fingerprint density at radius 2 is 1.75 bits per heavy atom. The van der Waals surface area contributed by atoms with Gasteiger partial charge in [0.25, 0.3) is 0 Å². The topological polar surface area (TPSA) is 27.7 Å². The third-order valence-electron chi connectivity index (χ3n) is 2.54. The van der Waals surface area contributed by atoms with Crippen LogP contribution in [-0.4, -0.2) is 30.1 Å². The molecule has 0 aliphatic carbocycles. The predicted molar refractivity (Wildman–Crippen MR) is 69.4 cm³/mol. The molecule has 90 valence electrons. The van der Waals surface area contributed by atoms with Gasteiger partial charge in [0, 0.05) is 31.8 Å². The third kappa shape index (κ3) is 3.67. The molecule has 1 aromatic carbocycles. The largest absolute Gasteiger partial charge is 0.500 e. The van der Waals surface area contributed by atoms with Crippen LogP contribution in [0, 0.1) is 0 Å². The first kappa shape index (κ1) is 13.9. The molecule has 0 aliphatic heterocycles. The summed E-state index contributed by atoms with van der Waals surface area (Å²) in [5.74, 6) is 0. The number of halogens is 1. The van der Waals surface area contributed by atoms with E-state index in [2.05, 4.69) is 28.1 Å². The summed E-state index contributed by atoms with van der Waals surface area (Å²) in [6, 6.07) is 9.00.